The molecule has 1 aromatic carbocycles. The van der Waals surface area contributed by atoms with Gasteiger partial charge in [0.05, 0.1) is 0 Å². The summed E-state index contributed by atoms with van der Waals surface area (Å²) in [6.07, 6.45) is 0. The maximum absolute atomic E-state index is 12.8. The van der Waals surface area contributed by atoms with E-state index in [4.69, 9.17) is 0 Å². The zero-order valence-electron chi connectivity index (χ0n) is 8.27. The molecule has 5 heteroatoms. The van der Waals surface area contributed by atoms with E-state index in [0.29, 0.717) is 18.8 Å². The van der Waals surface area contributed by atoms with Crippen molar-refractivity contribution < 1.29 is 14.3 Å². The van der Waals surface area contributed by atoms with Crippen LogP contribution in [0.2, 0.25) is 0 Å². The number of carbonyl (C=O) groups is 1. The molecule has 15 heavy (non-hydrogen) atoms. The van der Waals surface area contributed by atoms with E-state index in [-0.39, 0.29) is 6.03 Å². The van der Waals surface area contributed by atoms with E-state index in [0.717, 1.165) is 6.07 Å². The number of amides is 2. The minimum atomic E-state index is -0.682. The lowest BCUT2D eigenvalue weighted by Gasteiger charge is -2.16. The molecule has 1 N–H and O–H groups in total. The van der Waals surface area contributed by atoms with Crippen LogP contribution in [0.3, 0.4) is 0 Å². The molecular formula is C10H11FN2O2. The summed E-state index contributed by atoms with van der Waals surface area (Å²) in [5.41, 5.74) is 0.517. The number of rotatable bonds is 1. The van der Waals surface area contributed by atoms with Crippen molar-refractivity contribution in [2.45, 2.75) is 0 Å². The third-order valence-electron chi connectivity index (χ3n) is 2.46. The SMILES string of the molecule is CN1CCN(c2ccc(F)c(O)c2)C1=O. The van der Waals surface area contributed by atoms with Crippen LogP contribution in [0.5, 0.6) is 5.75 Å². The maximum atomic E-state index is 12.8. The molecule has 1 heterocycles. The van der Waals surface area contributed by atoms with Gasteiger partial charge in [-0.2, -0.15) is 0 Å². The summed E-state index contributed by atoms with van der Waals surface area (Å²) in [5, 5.41) is 9.19. The molecule has 0 atom stereocenters. The Morgan fingerprint density at radius 1 is 1.40 bits per heavy atom. The normalized spacial score (nSPS) is 16.3. The number of carbonyl (C=O) groups excluding carboxylic acids is 1. The Bertz CT molecular complexity index is 408. The number of benzene rings is 1. The zero-order chi connectivity index (χ0) is 11.0. The average Bonchev–Trinajstić information content (AvgIpc) is 2.53. The number of aromatic hydroxyl groups is 1. The zero-order valence-corrected chi connectivity index (χ0v) is 8.27. The van der Waals surface area contributed by atoms with Crippen molar-refractivity contribution in [3.8, 4) is 5.75 Å². The monoisotopic (exact) mass is 210 g/mol. The second-order valence-corrected chi connectivity index (χ2v) is 3.49. The quantitative estimate of drug-likeness (QED) is 0.761. The maximum Gasteiger partial charge on any atom is 0.324 e. The Morgan fingerprint density at radius 3 is 2.67 bits per heavy atom. The van der Waals surface area contributed by atoms with Gasteiger partial charge in [-0.15, -0.1) is 0 Å². The molecule has 0 aromatic heterocycles. The highest BCUT2D eigenvalue weighted by molar-refractivity contribution is 5.94. The van der Waals surface area contributed by atoms with E-state index in [1.54, 1.807) is 11.9 Å². The fourth-order valence-corrected chi connectivity index (χ4v) is 1.56. The molecule has 0 saturated carbocycles. The van der Waals surface area contributed by atoms with E-state index in [9.17, 15) is 14.3 Å². The van der Waals surface area contributed by atoms with Gasteiger partial charge in [-0.3, -0.25) is 4.90 Å². The predicted octanol–water partition coefficient (Wildman–Crippen LogP) is 1.40. The lowest BCUT2D eigenvalue weighted by atomic mass is 10.2. The summed E-state index contributed by atoms with van der Waals surface area (Å²) in [6.45, 7) is 1.19. The van der Waals surface area contributed by atoms with E-state index >= 15 is 0 Å². The van der Waals surface area contributed by atoms with Crippen LogP contribution >= 0.6 is 0 Å². The van der Waals surface area contributed by atoms with E-state index in [2.05, 4.69) is 0 Å². The Morgan fingerprint density at radius 2 is 2.13 bits per heavy atom. The summed E-state index contributed by atoms with van der Waals surface area (Å²) in [7, 11) is 1.70. The topological polar surface area (TPSA) is 43.8 Å². The van der Waals surface area contributed by atoms with Crippen LogP contribution in [0.4, 0.5) is 14.9 Å². The van der Waals surface area contributed by atoms with Crippen molar-refractivity contribution in [3.05, 3.63) is 24.0 Å². The lowest BCUT2D eigenvalue weighted by molar-refractivity contribution is 0.229. The van der Waals surface area contributed by atoms with Gasteiger partial charge < -0.3 is 10.0 Å². The molecule has 1 aliphatic heterocycles. The van der Waals surface area contributed by atoms with Gasteiger partial charge in [0.25, 0.3) is 0 Å². The third kappa shape index (κ3) is 1.60. The fraction of sp³-hybridized carbons (Fsp3) is 0.300. The first kappa shape index (κ1) is 9.76. The Kier molecular flexibility index (Phi) is 2.22. The number of halogens is 1. The average molecular weight is 210 g/mol. The molecule has 0 bridgehead atoms. The largest absolute Gasteiger partial charge is 0.505 e. The molecule has 80 valence electrons. The first-order valence-corrected chi connectivity index (χ1v) is 4.61. The molecule has 1 aromatic rings. The lowest BCUT2D eigenvalue weighted by Crippen LogP contribution is -2.29. The highest BCUT2D eigenvalue weighted by Gasteiger charge is 2.26. The third-order valence-corrected chi connectivity index (χ3v) is 2.46. The Balaban J connectivity index is 2.31. The summed E-state index contributed by atoms with van der Waals surface area (Å²) in [5.74, 6) is -1.12. The summed E-state index contributed by atoms with van der Waals surface area (Å²) >= 11 is 0. The molecular weight excluding hydrogens is 199 g/mol. The van der Waals surface area contributed by atoms with Gasteiger partial charge in [0.1, 0.15) is 0 Å². The molecule has 0 radical (unpaired) electrons. The molecule has 1 saturated heterocycles. The Labute approximate surface area is 86.5 Å². The number of urea groups is 1. The van der Waals surface area contributed by atoms with Crippen LogP contribution in [0.25, 0.3) is 0 Å². The molecule has 4 nitrogen and oxygen atoms in total. The van der Waals surface area contributed by atoms with E-state index < -0.39 is 11.6 Å². The highest BCUT2D eigenvalue weighted by Crippen LogP contribution is 2.25. The minimum Gasteiger partial charge on any atom is -0.505 e. The van der Waals surface area contributed by atoms with Gasteiger partial charge in [-0.25, -0.2) is 9.18 Å². The summed E-state index contributed by atoms with van der Waals surface area (Å²) in [6, 6.07) is 3.75. The smallest absolute Gasteiger partial charge is 0.324 e. The van der Waals surface area contributed by atoms with Gasteiger partial charge in [0, 0.05) is 31.9 Å². The van der Waals surface area contributed by atoms with Crippen molar-refractivity contribution in [2.75, 3.05) is 25.0 Å². The highest BCUT2D eigenvalue weighted by atomic mass is 19.1. The van der Waals surface area contributed by atoms with Crippen LogP contribution < -0.4 is 4.90 Å². The number of hydrogen-bond acceptors (Lipinski definition) is 2. The van der Waals surface area contributed by atoms with Gasteiger partial charge in [-0.1, -0.05) is 0 Å². The van der Waals surface area contributed by atoms with Crippen LogP contribution in [-0.2, 0) is 0 Å². The second kappa shape index (κ2) is 3.42. The number of nitrogens with zero attached hydrogens (tertiary/aromatic N) is 2. The van der Waals surface area contributed by atoms with E-state index in [1.165, 1.54) is 17.0 Å². The molecule has 0 aliphatic carbocycles. The number of anilines is 1. The van der Waals surface area contributed by atoms with Crippen molar-refractivity contribution >= 4 is 11.7 Å². The van der Waals surface area contributed by atoms with Crippen molar-refractivity contribution in [1.29, 1.82) is 0 Å². The molecule has 2 amide bonds. The molecule has 1 aliphatic rings. The van der Waals surface area contributed by atoms with E-state index in [1.807, 2.05) is 0 Å². The summed E-state index contributed by atoms with van der Waals surface area (Å²) < 4.78 is 12.8. The minimum absolute atomic E-state index is 0.138. The fourth-order valence-electron chi connectivity index (χ4n) is 1.56. The molecule has 1 fully saturated rings. The first-order chi connectivity index (χ1) is 7.09. The van der Waals surface area contributed by atoms with Crippen LogP contribution in [-0.4, -0.2) is 36.2 Å². The molecule has 2 rings (SSSR count). The number of phenols is 1. The van der Waals surface area contributed by atoms with Crippen molar-refractivity contribution in [1.82, 2.24) is 4.90 Å². The van der Waals surface area contributed by atoms with Crippen LogP contribution in [0.1, 0.15) is 0 Å². The van der Waals surface area contributed by atoms with Crippen molar-refractivity contribution in [2.24, 2.45) is 0 Å². The second-order valence-electron chi connectivity index (χ2n) is 3.49. The number of phenolic OH excluding ortho intramolecular Hbond substituents is 1. The number of hydrogen-bond donors (Lipinski definition) is 1. The van der Waals surface area contributed by atoms with Crippen molar-refractivity contribution in [3.63, 3.8) is 0 Å². The van der Waals surface area contributed by atoms with Crippen LogP contribution in [0, 0.1) is 5.82 Å². The molecule has 0 spiro atoms. The Hall–Kier alpha value is -1.78. The van der Waals surface area contributed by atoms with Gasteiger partial charge in [0.2, 0.25) is 0 Å². The van der Waals surface area contributed by atoms with Crippen LogP contribution in [0.15, 0.2) is 18.2 Å². The predicted molar refractivity (Wildman–Crippen MR) is 53.4 cm³/mol. The molecule has 0 unspecified atom stereocenters. The number of likely N-dealkylation sites (N-methyl/N-ethyl adjacent to an activating group) is 1. The first-order valence-electron chi connectivity index (χ1n) is 4.61. The standard InChI is InChI=1S/C10H11FN2O2/c1-12-4-5-13(10(12)15)7-2-3-8(11)9(14)6-7/h2-3,6,14H,4-5H2,1H3. The van der Waals surface area contributed by atoms with Gasteiger partial charge in [-0.05, 0) is 12.1 Å². The van der Waals surface area contributed by atoms with Gasteiger partial charge >= 0.3 is 6.03 Å². The summed E-state index contributed by atoms with van der Waals surface area (Å²) in [4.78, 5) is 14.6. The van der Waals surface area contributed by atoms with Gasteiger partial charge in [0.15, 0.2) is 11.6 Å².